The van der Waals surface area contributed by atoms with Crippen molar-refractivity contribution in [2.24, 2.45) is 11.8 Å². The van der Waals surface area contributed by atoms with Gasteiger partial charge in [0, 0.05) is 18.8 Å². The lowest BCUT2D eigenvalue weighted by atomic mass is 10.00. The number of nitrogens with one attached hydrogen (secondary N) is 1. The van der Waals surface area contributed by atoms with Gasteiger partial charge in [0.05, 0.1) is 11.8 Å². The first-order valence-corrected chi connectivity index (χ1v) is 5.82. The van der Waals surface area contributed by atoms with E-state index in [1.54, 1.807) is 0 Å². The van der Waals surface area contributed by atoms with Gasteiger partial charge in [0.15, 0.2) is 0 Å². The summed E-state index contributed by atoms with van der Waals surface area (Å²) < 4.78 is 0. The summed E-state index contributed by atoms with van der Waals surface area (Å²) >= 11 is 0. The first-order valence-electron chi connectivity index (χ1n) is 5.82. The number of carbonyl (C=O) groups is 2. The second-order valence-electron chi connectivity index (χ2n) is 4.76. The third-order valence-corrected chi connectivity index (χ3v) is 3.70. The highest BCUT2D eigenvalue weighted by atomic mass is 16.2. The maximum Gasteiger partial charge on any atom is 0.232 e. The summed E-state index contributed by atoms with van der Waals surface area (Å²) in [6.45, 7) is 3.34. The SMILES string of the molecule is Cc1ccccc1N1C[C@@H]2C(=O)NC(=O)[C@@H]2C1. The second-order valence-corrected chi connectivity index (χ2v) is 4.76. The van der Waals surface area contributed by atoms with E-state index in [9.17, 15) is 9.59 Å². The fourth-order valence-corrected chi connectivity index (χ4v) is 2.76. The van der Waals surface area contributed by atoms with Crippen molar-refractivity contribution in [1.82, 2.24) is 5.32 Å². The molecule has 1 N–H and O–H groups in total. The zero-order valence-electron chi connectivity index (χ0n) is 9.64. The van der Waals surface area contributed by atoms with Gasteiger partial charge in [0.2, 0.25) is 11.8 Å². The van der Waals surface area contributed by atoms with Gasteiger partial charge in [-0.05, 0) is 18.6 Å². The molecule has 0 aliphatic carbocycles. The average Bonchev–Trinajstić information content (AvgIpc) is 2.83. The van der Waals surface area contributed by atoms with Crippen LogP contribution < -0.4 is 10.2 Å². The predicted octanol–water partition coefficient (Wildman–Crippen LogP) is 0.704. The maximum absolute atomic E-state index is 11.6. The summed E-state index contributed by atoms with van der Waals surface area (Å²) in [6, 6.07) is 8.07. The van der Waals surface area contributed by atoms with Gasteiger partial charge in [0.25, 0.3) is 0 Å². The Bertz CT molecular complexity index is 476. The Morgan fingerprint density at radius 2 is 1.71 bits per heavy atom. The summed E-state index contributed by atoms with van der Waals surface area (Å²) in [4.78, 5) is 25.3. The molecule has 17 heavy (non-hydrogen) atoms. The third-order valence-electron chi connectivity index (χ3n) is 3.70. The fraction of sp³-hybridized carbons (Fsp3) is 0.385. The van der Waals surface area contributed by atoms with Crippen LogP contribution in [-0.2, 0) is 9.59 Å². The summed E-state index contributed by atoms with van der Waals surface area (Å²) in [5, 5.41) is 2.40. The minimum Gasteiger partial charge on any atom is -0.370 e. The predicted molar refractivity (Wildman–Crippen MR) is 63.5 cm³/mol. The lowest BCUT2D eigenvalue weighted by Gasteiger charge is -2.21. The van der Waals surface area contributed by atoms with Crippen molar-refractivity contribution >= 4 is 17.5 Å². The number of hydrogen-bond donors (Lipinski definition) is 1. The highest BCUT2D eigenvalue weighted by Crippen LogP contribution is 2.33. The molecule has 0 aromatic heterocycles. The Labute approximate surface area is 99.6 Å². The number of para-hydroxylation sites is 1. The minimum absolute atomic E-state index is 0.115. The molecular weight excluding hydrogens is 216 g/mol. The molecule has 4 nitrogen and oxygen atoms in total. The Hall–Kier alpha value is -1.84. The summed E-state index contributed by atoms with van der Waals surface area (Å²) in [6.07, 6.45) is 0. The molecule has 2 atom stereocenters. The molecule has 2 heterocycles. The van der Waals surface area contributed by atoms with Gasteiger partial charge in [-0.2, -0.15) is 0 Å². The number of amides is 2. The Morgan fingerprint density at radius 3 is 2.29 bits per heavy atom. The van der Waals surface area contributed by atoms with Crippen LogP contribution in [0.15, 0.2) is 24.3 Å². The van der Waals surface area contributed by atoms with Crippen molar-refractivity contribution in [3.05, 3.63) is 29.8 Å². The molecule has 0 spiro atoms. The molecule has 0 unspecified atom stereocenters. The number of carbonyl (C=O) groups excluding carboxylic acids is 2. The molecule has 0 radical (unpaired) electrons. The topological polar surface area (TPSA) is 49.4 Å². The quantitative estimate of drug-likeness (QED) is 0.723. The molecular formula is C13H14N2O2. The minimum atomic E-state index is -0.165. The first kappa shape index (κ1) is 10.3. The van der Waals surface area contributed by atoms with E-state index in [0.717, 1.165) is 5.69 Å². The maximum atomic E-state index is 11.6. The molecule has 88 valence electrons. The molecule has 4 heteroatoms. The van der Waals surface area contributed by atoms with Gasteiger partial charge in [-0.1, -0.05) is 18.2 Å². The van der Waals surface area contributed by atoms with Crippen molar-refractivity contribution in [3.63, 3.8) is 0 Å². The first-order chi connectivity index (χ1) is 8.16. The number of benzene rings is 1. The van der Waals surface area contributed by atoms with Gasteiger partial charge in [-0.25, -0.2) is 0 Å². The van der Waals surface area contributed by atoms with Crippen LogP contribution >= 0.6 is 0 Å². The number of hydrogen-bond acceptors (Lipinski definition) is 3. The van der Waals surface area contributed by atoms with Gasteiger partial charge < -0.3 is 4.90 Å². The molecule has 1 aromatic rings. The molecule has 3 rings (SSSR count). The van der Waals surface area contributed by atoms with Gasteiger partial charge in [-0.15, -0.1) is 0 Å². The van der Waals surface area contributed by atoms with E-state index in [4.69, 9.17) is 0 Å². The van der Waals surface area contributed by atoms with E-state index in [2.05, 4.69) is 10.2 Å². The van der Waals surface area contributed by atoms with Gasteiger partial charge in [-0.3, -0.25) is 14.9 Å². The van der Waals surface area contributed by atoms with Crippen LogP contribution in [0, 0.1) is 18.8 Å². The largest absolute Gasteiger partial charge is 0.370 e. The van der Waals surface area contributed by atoms with Gasteiger partial charge in [0.1, 0.15) is 0 Å². The lowest BCUT2D eigenvalue weighted by molar-refractivity contribution is -0.126. The second kappa shape index (κ2) is 3.58. The molecule has 2 saturated heterocycles. The van der Waals surface area contributed by atoms with Crippen molar-refractivity contribution < 1.29 is 9.59 Å². The van der Waals surface area contributed by atoms with Crippen molar-refractivity contribution in [1.29, 1.82) is 0 Å². The van der Waals surface area contributed by atoms with E-state index in [-0.39, 0.29) is 23.7 Å². The third kappa shape index (κ3) is 1.52. The monoisotopic (exact) mass is 230 g/mol. The van der Waals surface area contributed by atoms with Crippen molar-refractivity contribution in [2.75, 3.05) is 18.0 Å². The molecule has 2 aliphatic heterocycles. The smallest absolute Gasteiger partial charge is 0.232 e. The molecule has 0 bridgehead atoms. The van der Waals surface area contributed by atoms with Crippen LogP contribution in [0.25, 0.3) is 0 Å². The van der Waals surface area contributed by atoms with Crippen LogP contribution in [0.4, 0.5) is 5.69 Å². The highest BCUT2D eigenvalue weighted by Gasteiger charge is 2.47. The van der Waals surface area contributed by atoms with E-state index < -0.39 is 0 Å². The lowest BCUT2D eigenvalue weighted by Crippen LogP contribution is -2.31. The molecule has 0 saturated carbocycles. The Morgan fingerprint density at radius 1 is 1.12 bits per heavy atom. The van der Waals surface area contributed by atoms with Crippen LogP contribution in [0.2, 0.25) is 0 Å². The zero-order chi connectivity index (χ0) is 12.0. The van der Waals surface area contributed by atoms with Crippen molar-refractivity contribution in [3.8, 4) is 0 Å². The average molecular weight is 230 g/mol. The Kier molecular flexibility index (Phi) is 2.18. The van der Waals surface area contributed by atoms with Crippen LogP contribution in [-0.4, -0.2) is 24.9 Å². The van der Waals surface area contributed by atoms with Crippen LogP contribution in [0.1, 0.15) is 5.56 Å². The van der Waals surface area contributed by atoms with E-state index in [1.807, 2.05) is 31.2 Å². The van der Waals surface area contributed by atoms with Crippen LogP contribution in [0.5, 0.6) is 0 Å². The zero-order valence-corrected chi connectivity index (χ0v) is 9.64. The van der Waals surface area contributed by atoms with E-state index in [1.165, 1.54) is 5.56 Å². The summed E-state index contributed by atoms with van der Waals surface area (Å²) in [5.41, 5.74) is 2.31. The molecule has 2 fully saturated rings. The van der Waals surface area contributed by atoms with E-state index in [0.29, 0.717) is 13.1 Å². The summed E-state index contributed by atoms with van der Waals surface area (Å²) in [5.74, 6) is -0.559. The fourth-order valence-electron chi connectivity index (χ4n) is 2.76. The number of imide groups is 1. The Balaban J connectivity index is 1.88. The number of nitrogens with zero attached hydrogens (tertiary/aromatic N) is 1. The number of rotatable bonds is 1. The van der Waals surface area contributed by atoms with Gasteiger partial charge >= 0.3 is 0 Å². The van der Waals surface area contributed by atoms with Crippen LogP contribution in [0.3, 0.4) is 0 Å². The van der Waals surface area contributed by atoms with E-state index >= 15 is 0 Å². The molecule has 2 amide bonds. The van der Waals surface area contributed by atoms with Crippen molar-refractivity contribution in [2.45, 2.75) is 6.92 Å². The standard InChI is InChI=1S/C13H14N2O2/c1-8-4-2-3-5-11(8)15-6-9-10(7-15)13(17)14-12(9)16/h2-5,9-10H,6-7H2,1H3,(H,14,16,17)/t9-,10+. The number of aryl methyl sites for hydroxylation is 1. The normalized spacial score (nSPS) is 27.2. The molecule has 1 aromatic carbocycles. The highest BCUT2D eigenvalue weighted by molar-refractivity contribution is 6.06. The molecule has 2 aliphatic rings. The number of fused-ring (bicyclic) bond motifs is 1. The summed E-state index contributed by atoms with van der Waals surface area (Å²) in [7, 11) is 0. The number of anilines is 1.